The molecule has 0 unspecified atom stereocenters. The Morgan fingerprint density at radius 3 is 2.36 bits per heavy atom. The Kier molecular flexibility index (Phi) is 6.20. The smallest absolute Gasteiger partial charge is 0.238 e. The fourth-order valence-corrected chi connectivity index (χ4v) is 1.03. The monoisotopic (exact) mass is 408 g/mol. The van der Waals surface area contributed by atoms with E-state index < -0.39 is 5.41 Å². The fraction of sp³-hybridized carbons (Fsp3) is 0.500. The molecule has 0 aromatic heterocycles. The van der Waals surface area contributed by atoms with Crippen LogP contribution >= 0.6 is 0 Å². The zero-order valence-corrected chi connectivity index (χ0v) is 13.3. The molecule has 0 bridgehead atoms. The summed E-state index contributed by atoms with van der Waals surface area (Å²) in [6.45, 7) is 3.32. The van der Waals surface area contributed by atoms with E-state index in [-0.39, 0.29) is 56.6 Å². The molecular formula is C10H15AcNO2. The van der Waals surface area contributed by atoms with Crippen molar-refractivity contribution >= 4 is 5.91 Å². The zero-order valence-electron chi connectivity index (χ0n) is 8.60. The molecule has 0 saturated carbocycles. The summed E-state index contributed by atoms with van der Waals surface area (Å²) in [5.41, 5.74) is -0.702. The molecule has 1 rings (SSSR count). The molecule has 0 fully saturated rings. The van der Waals surface area contributed by atoms with Crippen LogP contribution in [0, 0.1) is 49.5 Å². The molecule has 0 spiro atoms. The van der Waals surface area contributed by atoms with Crippen molar-refractivity contribution in [3.8, 4) is 0 Å². The molecule has 0 saturated heterocycles. The van der Waals surface area contributed by atoms with Crippen LogP contribution in [0.25, 0.3) is 0 Å². The van der Waals surface area contributed by atoms with Crippen LogP contribution in [0.5, 0.6) is 0 Å². The van der Waals surface area contributed by atoms with Crippen LogP contribution in [0.2, 0.25) is 0 Å². The standard InChI is InChI=1S/C10H15NO2.Ac/c1-10(2,8-12)9(13)11-6-4-3-5-7-11;/h4-7,12H,3,8H2,1-2H3;. The van der Waals surface area contributed by atoms with Gasteiger partial charge in [0.1, 0.15) is 0 Å². The van der Waals surface area contributed by atoms with E-state index in [9.17, 15) is 4.79 Å². The summed E-state index contributed by atoms with van der Waals surface area (Å²) in [6.07, 6.45) is 8.15. The van der Waals surface area contributed by atoms with E-state index in [0.29, 0.717) is 0 Å². The SMILES string of the molecule is CC(C)(CO)C(=O)N1C=CCC=C1.[Ac]. The van der Waals surface area contributed by atoms with Crippen molar-refractivity contribution in [2.45, 2.75) is 20.3 Å². The summed E-state index contributed by atoms with van der Waals surface area (Å²) in [7, 11) is 0. The van der Waals surface area contributed by atoms with Gasteiger partial charge in [0.15, 0.2) is 0 Å². The molecule has 4 heteroatoms. The molecule has 0 aromatic rings. The summed E-state index contributed by atoms with van der Waals surface area (Å²) in [5.74, 6) is -0.0813. The topological polar surface area (TPSA) is 40.5 Å². The summed E-state index contributed by atoms with van der Waals surface area (Å²) >= 11 is 0. The van der Waals surface area contributed by atoms with Crippen LogP contribution in [0.3, 0.4) is 0 Å². The first-order valence-corrected chi connectivity index (χ1v) is 4.35. The molecule has 1 N–H and O–H groups in total. The molecule has 0 atom stereocenters. The van der Waals surface area contributed by atoms with E-state index in [1.807, 2.05) is 12.2 Å². The van der Waals surface area contributed by atoms with Gasteiger partial charge in [0, 0.05) is 56.5 Å². The number of rotatable bonds is 2. The van der Waals surface area contributed by atoms with Crippen LogP contribution < -0.4 is 0 Å². The third-order valence-corrected chi connectivity index (χ3v) is 2.01. The second kappa shape index (κ2) is 6.05. The maximum atomic E-state index is 11.7. The number of allylic oxidation sites excluding steroid dienone is 2. The number of carbonyl (C=O) groups excluding carboxylic acids is 1. The zero-order chi connectivity index (χ0) is 9.90. The molecule has 3 nitrogen and oxygen atoms in total. The Morgan fingerprint density at radius 1 is 1.43 bits per heavy atom. The Morgan fingerprint density at radius 2 is 1.93 bits per heavy atom. The summed E-state index contributed by atoms with van der Waals surface area (Å²) in [5, 5.41) is 9.00. The molecule has 1 radical (unpaired) electrons. The average molecular weight is 408 g/mol. The van der Waals surface area contributed by atoms with E-state index in [0.717, 1.165) is 6.42 Å². The maximum absolute atomic E-state index is 11.7. The minimum atomic E-state index is -0.702. The predicted octanol–water partition coefficient (Wildman–Crippen LogP) is 1.26. The van der Waals surface area contributed by atoms with Crippen molar-refractivity contribution in [2.75, 3.05) is 6.61 Å². The first-order chi connectivity index (χ1) is 6.08. The summed E-state index contributed by atoms with van der Waals surface area (Å²) in [6, 6.07) is 0. The number of carbonyl (C=O) groups is 1. The Bertz CT molecular complexity index is 247. The Balaban J connectivity index is 0.00000169. The maximum Gasteiger partial charge on any atom is 0.238 e. The molecule has 1 heterocycles. The normalized spacial score (nSPS) is 15.2. The van der Waals surface area contributed by atoms with E-state index >= 15 is 0 Å². The molecule has 1 aliphatic heterocycles. The van der Waals surface area contributed by atoms with Gasteiger partial charge >= 0.3 is 0 Å². The van der Waals surface area contributed by atoms with Gasteiger partial charge in [0.2, 0.25) is 5.91 Å². The van der Waals surface area contributed by atoms with Crippen molar-refractivity contribution in [1.29, 1.82) is 0 Å². The van der Waals surface area contributed by atoms with Crippen LogP contribution in [-0.2, 0) is 4.79 Å². The molecule has 14 heavy (non-hydrogen) atoms. The van der Waals surface area contributed by atoms with Gasteiger partial charge in [-0.2, -0.15) is 0 Å². The fourth-order valence-electron chi connectivity index (χ4n) is 1.03. The van der Waals surface area contributed by atoms with Gasteiger partial charge < -0.3 is 5.11 Å². The molecule has 0 aliphatic carbocycles. The third-order valence-electron chi connectivity index (χ3n) is 2.01. The van der Waals surface area contributed by atoms with Gasteiger partial charge in [0.05, 0.1) is 12.0 Å². The predicted molar refractivity (Wildman–Crippen MR) is 50.6 cm³/mol. The minimum absolute atomic E-state index is 0. The van der Waals surface area contributed by atoms with Gasteiger partial charge in [0.25, 0.3) is 0 Å². The molecule has 1 aliphatic rings. The summed E-state index contributed by atoms with van der Waals surface area (Å²) < 4.78 is 0. The molecule has 0 aromatic carbocycles. The van der Waals surface area contributed by atoms with Gasteiger partial charge in [-0.15, -0.1) is 0 Å². The number of hydrogen-bond donors (Lipinski definition) is 1. The molecule has 75 valence electrons. The Hall–Kier alpha value is 0.352. The van der Waals surface area contributed by atoms with E-state index in [2.05, 4.69) is 0 Å². The van der Waals surface area contributed by atoms with Crippen LogP contribution in [0.15, 0.2) is 24.6 Å². The summed E-state index contributed by atoms with van der Waals surface area (Å²) in [4.78, 5) is 13.2. The van der Waals surface area contributed by atoms with Gasteiger partial charge in [-0.05, 0) is 20.3 Å². The third kappa shape index (κ3) is 3.49. The number of aliphatic hydroxyl groups excluding tert-OH is 1. The van der Waals surface area contributed by atoms with Gasteiger partial charge in [-0.25, -0.2) is 0 Å². The first-order valence-electron chi connectivity index (χ1n) is 4.35. The molecular weight excluding hydrogens is 393 g/mol. The van der Waals surface area contributed by atoms with Crippen molar-refractivity contribution < 1.29 is 54.0 Å². The largest absolute Gasteiger partial charge is 0.395 e. The van der Waals surface area contributed by atoms with E-state index in [4.69, 9.17) is 5.11 Å². The van der Waals surface area contributed by atoms with Crippen LogP contribution in [0.1, 0.15) is 20.3 Å². The average Bonchev–Trinajstić information content (AvgIpc) is 2.18. The number of hydrogen-bond acceptors (Lipinski definition) is 2. The van der Waals surface area contributed by atoms with E-state index in [1.165, 1.54) is 4.90 Å². The minimum Gasteiger partial charge on any atom is -0.395 e. The number of nitrogens with zero attached hydrogens (tertiary/aromatic N) is 1. The van der Waals surface area contributed by atoms with Crippen LogP contribution in [0.4, 0.5) is 0 Å². The van der Waals surface area contributed by atoms with Crippen molar-refractivity contribution in [3.05, 3.63) is 24.6 Å². The quantitative estimate of drug-likeness (QED) is 0.748. The first kappa shape index (κ1) is 14.4. The molecule has 1 amide bonds. The van der Waals surface area contributed by atoms with Crippen molar-refractivity contribution in [3.63, 3.8) is 0 Å². The van der Waals surface area contributed by atoms with Crippen molar-refractivity contribution in [2.24, 2.45) is 5.41 Å². The van der Waals surface area contributed by atoms with E-state index in [1.54, 1.807) is 26.2 Å². The Labute approximate surface area is 120 Å². The van der Waals surface area contributed by atoms with Crippen LogP contribution in [-0.4, -0.2) is 22.5 Å². The number of aliphatic hydroxyl groups is 1. The van der Waals surface area contributed by atoms with Gasteiger partial charge in [-0.3, -0.25) is 9.69 Å². The van der Waals surface area contributed by atoms with Gasteiger partial charge in [-0.1, -0.05) is 12.2 Å². The second-order valence-corrected chi connectivity index (χ2v) is 3.76. The second-order valence-electron chi connectivity index (χ2n) is 3.76. The van der Waals surface area contributed by atoms with Crippen molar-refractivity contribution in [1.82, 2.24) is 4.90 Å². The number of amides is 1.